The van der Waals surface area contributed by atoms with Crippen LogP contribution in [-0.2, 0) is 0 Å². The zero-order valence-electron chi connectivity index (χ0n) is 10.8. The highest BCUT2D eigenvalue weighted by Gasteiger charge is 2.19. The van der Waals surface area contributed by atoms with Crippen LogP contribution in [0.15, 0.2) is 24.3 Å². The van der Waals surface area contributed by atoms with Crippen molar-refractivity contribution in [2.24, 2.45) is 0 Å². The summed E-state index contributed by atoms with van der Waals surface area (Å²) in [6.45, 7) is 5.60. The van der Waals surface area contributed by atoms with Crippen molar-refractivity contribution in [3.63, 3.8) is 0 Å². The molecule has 1 aromatic carbocycles. The fraction of sp³-hybridized carbons (Fsp3) is 0.571. The summed E-state index contributed by atoms with van der Waals surface area (Å²) in [5, 5.41) is 8.71. The molecule has 3 nitrogen and oxygen atoms in total. The largest absolute Gasteiger partial charge is 0.393 e. The summed E-state index contributed by atoms with van der Waals surface area (Å²) in [6.07, 6.45) is -1.11. The van der Waals surface area contributed by atoms with E-state index in [2.05, 4.69) is 41.0 Å². The summed E-state index contributed by atoms with van der Waals surface area (Å²) in [5.74, 6) is 0. The zero-order valence-corrected chi connectivity index (χ0v) is 10.8. The summed E-state index contributed by atoms with van der Waals surface area (Å²) in [5.41, 5.74) is 2.50. The van der Waals surface area contributed by atoms with Gasteiger partial charge in [-0.3, -0.25) is 4.90 Å². The van der Waals surface area contributed by atoms with E-state index >= 15 is 0 Å². The molecule has 0 amide bonds. The van der Waals surface area contributed by atoms with Crippen LogP contribution in [0.25, 0.3) is 0 Å². The Morgan fingerprint density at radius 1 is 1.17 bits per heavy atom. The molecule has 0 bridgehead atoms. The van der Waals surface area contributed by atoms with Crippen molar-refractivity contribution in [1.82, 2.24) is 4.90 Å². The van der Waals surface area contributed by atoms with E-state index in [4.69, 9.17) is 5.11 Å². The first-order valence-electron chi connectivity index (χ1n) is 6.48. The van der Waals surface area contributed by atoms with Crippen molar-refractivity contribution in [2.45, 2.75) is 13.1 Å². The zero-order chi connectivity index (χ0) is 13.0. The number of anilines is 1. The lowest BCUT2D eigenvalue weighted by Crippen LogP contribution is -2.48. The molecule has 2 rings (SSSR count). The van der Waals surface area contributed by atoms with E-state index in [-0.39, 0.29) is 6.61 Å². The molecule has 0 saturated carbocycles. The molecule has 0 aliphatic carbocycles. The van der Waals surface area contributed by atoms with Gasteiger partial charge in [-0.05, 0) is 19.1 Å². The van der Waals surface area contributed by atoms with E-state index in [0.29, 0.717) is 6.54 Å². The molecular weight excluding hydrogens is 231 g/mol. The average Bonchev–Trinajstić information content (AvgIpc) is 2.40. The minimum absolute atomic E-state index is 0.345. The van der Waals surface area contributed by atoms with Crippen LogP contribution in [0.1, 0.15) is 5.56 Å². The third-order valence-electron chi connectivity index (χ3n) is 3.43. The molecule has 0 radical (unpaired) electrons. The van der Waals surface area contributed by atoms with Crippen LogP contribution >= 0.6 is 0 Å². The van der Waals surface area contributed by atoms with Crippen LogP contribution in [0.4, 0.5) is 10.1 Å². The Morgan fingerprint density at radius 3 is 2.33 bits per heavy atom. The van der Waals surface area contributed by atoms with Crippen LogP contribution in [0.2, 0.25) is 0 Å². The number of alkyl halides is 1. The second kappa shape index (κ2) is 6.16. The van der Waals surface area contributed by atoms with Gasteiger partial charge in [0.05, 0.1) is 6.61 Å². The molecule has 1 atom stereocenters. The minimum Gasteiger partial charge on any atom is -0.393 e. The topological polar surface area (TPSA) is 26.7 Å². The van der Waals surface area contributed by atoms with E-state index < -0.39 is 6.17 Å². The first-order valence-corrected chi connectivity index (χ1v) is 6.48. The summed E-state index contributed by atoms with van der Waals surface area (Å²) in [6, 6.07) is 8.50. The molecule has 1 fully saturated rings. The highest BCUT2D eigenvalue weighted by atomic mass is 19.1. The van der Waals surface area contributed by atoms with Crippen LogP contribution in [0, 0.1) is 6.92 Å². The molecule has 0 aromatic heterocycles. The highest BCUT2D eigenvalue weighted by Crippen LogP contribution is 2.17. The first kappa shape index (κ1) is 13.3. The molecule has 4 heteroatoms. The monoisotopic (exact) mass is 252 g/mol. The first-order chi connectivity index (χ1) is 8.69. The second-order valence-electron chi connectivity index (χ2n) is 4.90. The Labute approximate surface area is 108 Å². The van der Waals surface area contributed by atoms with Crippen molar-refractivity contribution in [1.29, 1.82) is 0 Å². The fourth-order valence-electron chi connectivity index (χ4n) is 2.28. The van der Waals surface area contributed by atoms with Gasteiger partial charge < -0.3 is 10.0 Å². The van der Waals surface area contributed by atoms with Crippen LogP contribution < -0.4 is 4.90 Å². The summed E-state index contributed by atoms with van der Waals surface area (Å²) < 4.78 is 13.1. The Bertz CT molecular complexity index is 361. The lowest BCUT2D eigenvalue weighted by atomic mass is 10.2. The second-order valence-corrected chi connectivity index (χ2v) is 4.90. The normalized spacial score (nSPS) is 18.9. The van der Waals surface area contributed by atoms with Gasteiger partial charge in [-0.2, -0.15) is 0 Å². The molecule has 18 heavy (non-hydrogen) atoms. The highest BCUT2D eigenvalue weighted by molar-refractivity contribution is 5.47. The van der Waals surface area contributed by atoms with Crippen LogP contribution in [0.5, 0.6) is 0 Å². The van der Waals surface area contributed by atoms with E-state index in [1.807, 2.05) is 0 Å². The molecule has 1 aliphatic heterocycles. The van der Waals surface area contributed by atoms with Crippen LogP contribution in [-0.4, -0.2) is 55.5 Å². The van der Waals surface area contributed by atoms with E-state index in [0.717, 1.165) is 26.2 Å². The summed E-state index contributed by atoms with van der Waals surface area (Å²) in [7, 11) is 0. The van der Waals surface area contributed by atoms with Gasteiger partial charge in [0, 0.05) is 38.4 Å². The van der Waals surface area contributed by atoms with Gasteiger partial charge in [0.25, 0.3) is 0 Å². The van der Waals surface area contributed by atoms with Gasteiger partial charge in [-0.1, -0.05) is 17.7 Å². The average molecular weight is 252 g/mol. The number of hydrogen-bond donors (Lipinski definition) is 1. The van der Waals surface area contributed by atoms with E-state index in [1.54, 1.807) is 0 Å². The number of piperazine rings is 1. The van der Waals surface area contributed by atoms with Crippen molar-refractivity contribution in [3.05, 3.63) is 29.8 Å². The maximum Gasteiger partial charge on any atom is 0.136 e. The third-order valence-corrected chi connectivity index (χ3v) is 3.43. The number of benzene rings is 1. The molecular formula is C14H21FN2O. The number of aryl methyl sites for hydroxylation is 1. The van der Waals surface area contributed by atoms with E-state index in [1.165, 1.54) is 11.3 Å². The van der Waals surface area contributed by atoms with Gasteiger partial charge in [0.15, 0.2) is 0 Å². The number of aliphatic hydroxyl groups is 1. The molecule has 1 saturated heterocycles. The number of rotatable bonds is 4. The Morgan fingerprint density at radius 2 is 1.78 bits per heavy atom. The Balaban J connectivity index is 1.84. The summed E-state index contributed by atoms with van der Waals surface area (Å²) >= 11 is 0. The number of hydrogen-bond acceptors (Lipinski definition) is 3. The standard InChI is InChI=1S/C14H21FN2O/c1-12-2-4-14(5-3-12)17-8-6-16(7-9-17)10-13(15)11-18/h2-5,13,18H,6-11H2,1H3. The van der Waals surface area contributed by atoms with Gasteiger partial charge in [0.1, 0.15) is 6.17 Å². The van der Waals surface area contributed by atoms with Crippen LogP contribution in [0.3, 0.4) is 0 Å². The number of halogens is 1. The minimum atomic E-state index is -1.11. The Kier molecular flexibility index (Phi) is 4.55. The molecule has 1 N–H and O–H groups in total. The molecule has 100 valence electrons. The fourth-order valence-corrected chi connectivity index (χ4v) is 2.28. The predicted molar refractivity (Wildman–Crippen MR) is 71.8 cm³/mol. The smallest absolute Gasteiger partial charge is 0.136 e. The SMILES string of the molecule is Cc1ccc(N2CCN(CC(F)CO)CC2)cc1. The molecule has 0 spiro atoms. The number of aliphatic hydroxyl groups excluding tert-OH is 1. The van der Waals surface area contributed by atoms with Crippen molar-refractivity contribution in [3.8, 4) is 0 Å². The molecule has 1 aromatic rings. The predicted octanol–water partition coefficient (Wildman–Crippen LogP) is 1.45. The molecule has 1 unspecified atom stereocenters. The van der Waals surface area contributed by atoms with Crippen molar-refractivity contribution in [2.75, 3.05) is 44.2 Å². The lowest BCUT2D eigenvalue weighted by molar-refractivity contribution is 0.123. The van der Waals surface area contributed by atoms with Crippen molar-refractivity contribution >= 4 is 5.69 Å². The van der Waals surface area contributed by atoms with Gasteiger partial charge in [-0.25, -0.2) is 4.39 Å². The third kappa shape index (κ3) is 3.43. The molecule has 1 heterocycles. The maximum atomic E-state index is 13.1. The lowest BCUT2D eigenvalue weighted by Gasteiger charge is -2.36. The van der Waals surface area contributed by atoms with Gasteiger partial charge in [0.2, 0.25) is 0 Å². The van der Waals surface area contributed by atoms with E-state index in [9.17, 15) is 4.39 Å². The molecule has 1 aliphatic rings. The maximum absolute atomic E-state index is 13.1. The number of nitrogens with zero attached hydrogens (tertiary/aromatic N) is 2. The quantitative estimate of drug-likeness (QED) is 0.878. The summed E-state index contributed by atoms with van der Waals surface area (Å²) in [4.78, 5) is 4.40. The Hall–Kier alpha value is -1.13. The van der Waals surface area contributed by atoms with Gasteiger partial charge in [-0.15, -0.1) is 0 Å². The van der Waals surface area contributed by atoms with Gasteiger partial charge >= 0.3 is 0 Å². The van der Waals surface area contributed by atoms with Crippen molar-refractivity contribution < 1.29 is 9.50 Å².